The van der Waals surface area contributed by atoms with Crippen molar-refractivity contribution in [3.63, 3.8) is 0 Å². The molecule has 0 radical (unpaired) electrons. The predicted molar refractivity (Wildman–Crippen MR) is 64.1 cm³/mol. The van der Waals surface area contributed by atoms with Crippen LogP contribution in [0.25, 0.3) is 0 Å². The second-order valence-electron chi connectivity index (χ2n) is 4.81. The molecular formula is C12H17N3O2. The van der Waals surface area contributed by atoms with E-state index in [0.29, 0.717) is 17.7 Å². The lowest BCUT2D eigenvalue weighted by atomic mass is 9.95. The molecule has 1 aromatic rings. The molecule has 1 aliphatic heterocycles. The van der Waals surface area contributed by atoms with E-state index in [1.165, 1.54) is 6.20 Å². The molecule has 1 N–H and O–H groups in total. The van der Waals surface area contributed by atoms with Crippen LogP contribution in [-0.2, 0) is 0 Å². The molecule has 0 saturated carbocycles. The lowest BCUT2D eigenvalue weighted by Gasteiger charge is -2.18. The normalized spacial score (nSPS) is 19.9. The monoisotopic (exact) mass is 235 g/mol. The first-order valence-electron chi connectivity index (χ1n) is 5.88. The van der Waals surface area contributed by atoms with Gasteiger partial charge in [0.25, 0.3) is 0 Å². The number of rotatable bonds is 3. The predicted octanol–water partition coefficient (Wildman–Crippen LogP) is 1.66. The fraction of sp³-hybridized carbons (Fsp3) is 0.583. The van der Waals surface area contributed by atoms with E-state index in [4.69, 9.17) is 5.11 Å². The van der Waals surface area contributed by atoms with Crippen LogP contribution in [0.4, 0.5) is 5.82 Å². The molecule has 0 aliphatic carbocycles. The Morgan fingerprint density at radius 1 is 1.53 bits per heavy atom. The maximum atomic E-state index is 10.8. The van der Waals surface area contributed by atoms with Crippen LogP contribution in [0.5, 0.6) is 0 Å². The summed E-state index contributed by atoms with van der Waals surface area (Å²) in [5, 5.41) is 8.87. The smallest absolute Gasteiger partial charge is 0.356 e. The SMILES string of the molecule is CC(C)C1CCN(c2cncc(C(=O)O)n2)C1. The molecule has 0 spiro atoms. The summed E-state index contributed by atoms with van der Waals surface area (Å²) in [6.07, 6.45) is 4.05. The van der Waals surface area contributed by atoms with Crippen LogP contribution in [-0.4, -0.2) is 34.1 Å². The lowest BCUT2D eigenvalue weighted by Crippen LogP contribution is -2.23. The number of anilines is 1. The van der Waals surface area contributed by atoms with Crippen LogP contribution in [0.15, 0.2) is 12.4 Å². The van der Waals surface area contributed by atoms with E-state index in [9.17, 15) is 4.79 Å². The number of carbonyl (C=O) groups is 1. The van der Waals surface area contributed by atoms with Crippen molar-refractivity contribution in [1.29, 1.82) is 0 Å². The number of aromatic carboxylic acids is 1. The summed E-state index contributed by atoms with van der Waals surface area (Å²) in [5.41, 5.74) is 0.00972. The minimum Gasteiger partial charge on any atom is -0.476 e. The molecule has 1 atom stereocenters. The van der Waals surface area contributed by atoms with E-state index >= 15 is 0 Å². The van der Waals surface area contributed by atoms with Crippen molar-refractivity contribution < 1.29 is 9.90 Å². The second kappa shape index (κ2) is 4.69. The fourth-order valence-electron chi connectivity index (χ4n) is 2.15. The highest BCUT2D eigenvalue weighted by Gasteiger charge is 2.26. The van der Waals surface area contributed by atoms with Gasteiger partial charge >= 0.3 is 5.97 Å². The Morgan fingerprint density at radius 3 is 2.88 bits per heavy atom. The van der Waals surface area contributed by atoms with Crippen molar-refractivity contribution in [3.05, 3.63) is 18.1 Å². The second-order valence-corrected chi connectivity index (χ2v) is 4.81. The largest absolute Gasteiger partial charge is 0.476 e. The van der Waals surface area contributed by atoms with E-state index in [1.54, 1.807) is 6.20 Å². The molecule has 2 rings (SSSR count). The molecule has 2 heterocycles. The highest BCUT2D eigenvalue weighted by atomic mass is 16.4. The van der Waals surface area contributed by atoms with Gasteiger partial charge in [-0.05, 0) is 18.3 Å². The first kappa shape index (κ1) is 11.8. The van der Waals surface area contributed by atoms with Crippen LogP contribution in [0.2, 0.25) is 0 Å². The van der Waals surface area contributed by atoms with Gasteiger partial charge in [-0.2, -0.15) is 0 Å². The maximum Gasteiger partial charge on any atom is 0.356 e. The number of hydrogen-bond donors (Lipinski definition) is 1. The van der Waals surface area contributed by atoms with Gasteiger partial charge in [-0.25, -0.2) is 9.78 Å². The van der Waals surface area contributed by atoms with Crippen molar-refractivity contribution in [2.24, 2.45) is 11.8 Å². The van der Waals surface area contributed by atoms with Gasteiger partial charge in [0.1, 0.15) is 5.82 Å². The van der Waals surface area contributed by atoms with Crippen LogP contribution < -0.4 is 4.90 Å². The Morgan fingerprint density at radius 2 is 2.29 bits per heavy atom. The quantitative estimate of drug-likeness (QED) is 0.863. The zero-order chi connectivity index (χ0) is 12.4. The van der Waals surface area contributed by atoms with E-state index in [2.05, 4.69) is 28.7 Å². The molecule has 5 heteroatoms. The third-order valence-electron chi connectivity index (χ3n) is 3.33. The summed E-state index contributed by atoms with van der Waals surface area (Å²) in [6.45, 7) is 6.30. The van der Waals surface area contributed by atoms with E-state index < -0.39 is 5.97 Å². The summed E-state index contributed by atoms with van der Waals surface area (Å²) in [6, 6.07) is 0. The van der Waals surface area contributed by atoms with Gasteiger partial charge in [-0.1, -0.05) is 13.8 Å². The number of hydrogen-bond acceptors (Lipinski definition) is 4. The standard InChI is InChI=1S/C12H17N3O2/c1-8(2)9-3-4-15(7-9)11-6-13-5-10(14-11)12(16)17/h5-6,8-9H,3-4,7H2,1-2H3,(H,16,17). The molecule has 17 heavy (non-hydrogen) atoms. The van der Waals surface area contributed by atoms with Gasteiger partial charge in [0, 0.05) is 13.1 Å². The molecular weight excluding hydrogens is 218 g/mol. The van der Waals surface area contributed by atoms with Gasteiger partial charge in [0.15, 0.2) is 5.69 Å². The van der Waals surface area contributed by atoms with Gasteiger partial charge in [0.2, 0.25) is 0 Å². The van der Waals surface area contributed by atoms with Crippen molar-refractivity contribution in [3.8, 4) is 0 Å². The minimum atomic E-state index is -1.03. The molecule has 0 bridgehead atoms. The number of carboxylic acids is 1. The zero-order valence-corrected chi connectivity index (χ0v) is 10.1. The average Bonchev–Trinajstić information content (AvgIpc) is 2.78. The molecule has 5 nitrogen and oxygen atoms in total. The molecule has 1 saturated heterocycles. The Balaban J connectivity index is 2.13. The van der Waals surface area contributed by atoms with Gasteiger partial charge in [-0.15, -0.1) is 0 Å². The van der Waals surface area contributed by atoms with Crippen LogP contribution in [0.1, 0.15) is 30.8 Å². The molecule has 1 aromatic heterocycles. The van der Waals surface area contributed by atoms with E-state index in [0.717, 1.165) is 19.5 Å². The van der Waals surface area contributed by atoms with Crippen molar-refractivity contribution in [1.82, 2.24) is 9.97 Å². The van der Waals surface area contributed by atoms with E-state index in [1.807, 2.05) is 0 Å². The zero-order valence-electron chi connectivity index (χ0n) is 10.1. The van der Waals surface area contributed by atoms with Gasteiger partial charge in [-0.3, -0.25) is 4.98 Å². The Hall–Kier alpha value is -1.65. The molecule has 0 amide bonds. The van der Waals surface area contributed by atoms with Gasteiger partial charge < -0.3 is 10.0 Å². The molecule has 1 fully saturated rings. The molecule has 0 aromatic carbocycles. The van der Waals surface area contributed by atoms with Crippen molar-refractivity contribution >= 4 is 11.8 Å². The van der Waals surface area contributed by atoms with Crippen LogP contribution >= 0.6 is 0 Å². The average molecular weight is 235 g/mol. The molecule has 1 unspecified atom stereocenters. The third-order valence-corrected chi connectivity index (χ3v) is 3.33. The number of nitrogens with zero attached hydrogens (tertiary/aromatic N) is 3. The summed E-state index contributed by atoms with van der Waals surface area (Å²) in [7, 11) is 0. The first-order valence-corrected chi connectivity index (χ1v) is 5.88. The van der Waals surface area contributed by atoms with Gasteiger partial charge in [0.05, 0.1) is 12.4 Å². The maximum absolute atomic E-state index is 10.8. The summed E-state index contributed by atoms with van der Waals surface area (Å²) in [4.78, 5) is 21.0. The van der Waals surface area contributed by atoms with Crippen LogP contribution in [0.3, 0.4) is 0 Å². The molecule has 92 valence electrons. The van der Waals surface area contributed by atoms with Crippen molar-refractivity contribution in [2.45, 2.75) is 20.3 Å². The lowest BCUT2D eigenvalue weighted by molar-refractivity contribution is 0.0690. The third kappa shape index (κ3) is 2.54. The number of aromatic nitrogens is 2. The minimum absolute atomic E-state index is 0.00972. The Bertz CT molecular complexity index is 420. The summed E-state index contributed by atoms with van der Waals surface area (Å²) < 4.78 is 0. The highest BCUT2D eigenvalue weighted by Crippen LogP contribution is 2.26. The van der Waals surface area contributed by atoms with Crippen LogP contribution in [0, 0.1) is 11.8 Å². The van der Waals surface area contributed by atoms with E-state index in [-0.39, 0.29) is 5.69 Å². The highest BCUT2D eigenvalue weighted by molar-refractivity contribution is 5.85. The summed E-state index contributed by atoms with van der Waals surface area (Å²) in [5.74, 6) is 0.952. The molecule has 1 aliphatic rings. The van der Waals surface area contributed by atoms with Crippen molar-refractivity contribution in [2.75, 3.05) is 18.0 Å². The topological polar surface area (TPSA) is 66.3 Å². The summed E-state index contributed by atoms with van der Waals surface area (Å²) >= 11 is 0. The Labute approximate surface area is 100 Å². The number of carboxylic acid groups (broad SMARTS) is 1. The Kier molecular flexibility index (Phi) is 3.26. The first-order chi connectivity index (χ1) is 8.08. The fourth-order valence-corrected chi connectivity index (χ4v) is 2.15.